The van der Waals surface area contributed by atoms with Crippen molar-refractivity contribution in [3.63, 3.8) is 0 Å². The normalized spacial score (nSPS) is 13.8. The molecule has 1 unspecified atom stereocenters. The zero-order chi connectivity index (χ0) is 14.9. The number of nitrogens with two attached hydrogens (primary N) is 1. The lowest BCUT2D eigenvalue weighted by Crippen LogP contribution is -2.09. The minimum absolute atomic E-state index is 0.0840. The smallest absolute Gasteiger partial charge is 0.133 e. The van der Waals surface area contributed by atoms with Crippen LogP contribution in [0.5, 0.6) is 0 Å². The van der Waals surface area contributed by atoms with Crippen molar-refractivity contribution in [3.05, 3.63) is 35.2 Å². The predicted octanol–water partition coefficient (Wildman–Crippen LogP) is 2.01. The maximum atomic E-state index is 12.9. The fourth-order valence-electron chi connectivity index (χ4n) is 1.65. The van der Waals surface area contributed by atoms with Crippen LogP contribution >= 0.6 is 23.1 Å². The topological polar surface area (TPSA) is 90.8 Å². The van der Waals surface area contributed by atoms with Gasteiger partial charge in [0.05, 0.1) is 18.9 Å². The van der Waals surface area contributed by atoms with Crippen LogP contribution in [0.4, 0.5) is 0 Å². The van der Waals surface area contributed by atoms with E-state index >= 15 is 0 Å². The van der Waals surface area contributed by atoms with Gasteiger partial charge < -0.3 is 5.73 Å². The van der Waals surface area contributed by atoms with Crippen molar-refractivity contribution in [1.29, 1.82) is 10.2 Å². The standard InChI is InChI=1S/C12H12BN3OS3/c1-18-12-10(6-9(19-12)11(14)15)20(16,17)8-4-2-3-7(13)5-8/h2-6,16H,1H3,(H3,14,15). The molecule has 4 nitrogen and oxygen atoms in total. The molecule has 20 heavy (non-hydrogen) atoms. The van der Waals surface area contributed by atoms with Gasteiger partial charge in [-0.05, 0) is 18.4 Å². The fourth-order valence-corrected chi connectivity index (χ4v) is 5.66. The molecule has 0 aliphatic rings. The Morgan fingerprint density at radius 1 is 1.45 bits per heavy atom. The zero-order valence-electron chi connectivity index (χ0n) is 10.7. The van der Waals surface area contributed by atoms with Gasteiger partial charge in [-0.2, -0.15) is 0 Å². The summed E-state index contributed by atoms with van der Waals surface area (Å²) in [5, 5.41) is 7.47. The first-order chi connectivity index (χ1) is 9.36. The van der Waals surface area contributed by atoms with Gasteiger partial charge in [-0.25, -0.2) is 8.99 Å². The largest absolute Gasteiger partial charge is 0.383 e. The molecule has 0 aliphatic carbocycles. The summed E-state index contributed by atoms with van der Waals surface area (Å²) in [5.41, 5.74) is 5.93. The molecule has 4 N–H and O–H groups in total. The van der Waals surface area contributed by atoms with E-state index < -0.39 is 9.73 Å². The van der Waals surface area contributed by atoms with Gasteiger partial charge in [0.2, 0.25) is 0 Å². The molecule has 2 radical (unpaired) electrons. The third-order valence-electron chi connectivity index (χ3n) is 2.62. The van der Waals surface area contributed by atoms with Crippen molar-refractivity contribution >= 4 is 52.0 Å². The number of nitrogen functional groups attached to an aromatic ring is 1. The van der Waals surface area contributed by atoms with Crippen LogP contribution in [0.15, 0.2) is 44.3 Å². The van der Waals surface area contributed by atoms with Gasteiger partial charge in [0, 0.05) is 0 Å². The first-order valence-electron chi connectivity index (χ1n) is 5.53. The highest BCUT2D eigenvalue weighted by atomic mass is 32.2. The van der Waals surface area contributed by atoms with Crippen LogP contribution in [0.25, 0.3) is 0 Å². The Balaban J connectivity index is 2.63. The van der Waals surface area contributed by atoms with Crippen LogP contribution in [0.3, 0.4) is 0 Å². The third kappa shape index (κ3) is 2.77. The summed E-state index contributed by atoms with van der Waals surface area (Å²) in [4.78, 5) is 1.28. The Morgan fingerprint density at radius 2 is 2.15 bits per heavy atom. The van der Waals surface area contributed by atoms with Crippen molar-refractivity contribution < 1.29 is 4.21 Å². The number of hydrogen-bond acceptors (Lipinski definition) is 5. The van der Waals surface area contributed by atoms with E-state index in [4.69, 9.17) is 23.8 Å². The Hall–Kier alpha value is -1.25. The minimum Gasteiger partial charge on any atom is -0.383 e. The summed E-state index contributed by atoms with van der Waals surface area (Å²) in [6.07, 6.45) is 1.84. The van der Waals surface area contributed by atoms with E-state index in [0.717, 1.165) is 4.21 Å². The molecule has 0 fully saturated rings. The molecule has 1 atom stereocenters. The van der Waals surface area contributed by atoms with Crippen LogP contribution in [0.2, 0.25) is 0 Å². The molecule has 1 heterocycles. The number of benzene rings is 1. The summed E-state index contributed by atoms with van der Waals surface area (Å²) in [6.45, 7) is 0. The van der Waals surface area contributed by atoms with Crippen molar-refractivity contribution in [2.75, 3.05) is 6.26 Å². The lowest BCUT2D eigenvalue weighted by Gasteiger charge is -2.08. The van der Waals surface area contributed by atoms with Gasteiger partial charge >= 0.3 is 0 Å². The number of thioether (sulfide) groups is 1. The summed E-state index contributed by atoms with van der Waals surface area (Å²) >= 11 is 2.67. The maximum absolute atomic E-state index is 12.9. The molecule has 2 rings (SSSR count). The molecule has 0 amide bonds. The number of amidine groups is 1. The van der Waals surface area contributed by atoms with E-state index in [1.165, 1.54) is 23.1 Å². The molecule has 0 aliphatic heterocycles. The van der Waals surface area contributed by atoms with Gasteiger partial charge in [0.15, 0.2) is 0 Å². The van der Waals surface area contributed by atoms with Crippen LogP contribution in [0, 0.1) is 10.2 Å². The molecular formula is C12H12BN3OS3. The highest BCUT2D eigenvalue weighted by molar-refractivity contribution is 8.01. The van der Waals surface area contributed by atoms with Crippen molar-refractivity contribution in [3.8, 4) is 0 Å². The molecule has 2 aromatic rings. The average molecular weight is 321 g/mol. The van der Waals surface area contributed by atoms with Gasteiger partial charge in [-0.1, -0.05) is 23.7 Å². The van der Waals surface area contributed by atoms with Crippen LogP contribution in [0.1, 0.15) is 4.88 Å². The SMILES string of the molecule is [B]c1cccc(S(=N)(=O)c2cc(C(=N)N)sc2SC)c1. The molecule has 0 spiro atoms. The van der Waals surface area contributed by atoms with E-state index in [9.17, 15) is 4.21 Å². The summed E-state index contributed by atoms with van der Waals surface area (Å²) in [7, 11) is 2.53. The van der Waals surface area contributed by atoms with Gasteiger partial charge in [-0.15, -0.1) is 23.1 Å². The van der Waals surface area contributed by atoms with E-state index in [-0.39, 0.29) is 5.84 Å². The molecule has 1 aromatic heterocycles. The molecule has 1 aromatic carbocycles. The van der Waals surface area contributed by atoms with Gasteiger partial charge in [0.25, 0.3) is 0 Å². The Kier molecular flexibility index (Phi) is 4.26. The first kappa shape index (κ1) is 15.1. The van der Waals surface area contributed by atoms with Crippen LogP contribution < -0.4 is 11.2 Å². The van der Waals surface area contributed by atoms with Crippen molar-refractivity contribution in [2.24, 2.45) is 5.73 Å². The van der Waals surface area contributed by atoms with Crippen molar-refractivity contribution in [2.45, 2.75) is 14.0 Å². The summed E-state index contributed by atoms with van der Waals surface area (Å²) in [5.74, 6) is -0.0840. The van der Waals surface area contributed by atoms with E-state index in [1.807, 2.05) is 6.26 Å². The quantitative estimate of drug-likeness (QED) is 0.348. The van der Waals surface area contributed by atoms with Crippen LogP contribution in [-0.2, 0) is 9.73 Å². The lowest BCUT2D eigenvalue weighted by atomic mass is 9.97. The molecule has 0 saturated carbocycles. The van der Waals surface area contributed by atoms with E-state index in [1.54, 1.807) is 30.3 Å². The zero-order valence-corrected chi connectivity index (χ0v) is 13.1. The molecule has 0 saturated heterocycles. The number of hydrogen-bond donors (Lipinski definition) is 3. The Bertz CT molecular complexity index is 768. The second-order valence-corrected chi connectivity index (χ2v) is 8.16. The Morgan fingerprint density at radius 3 is 2.70 bits per heavy atom. The minimum atomic E-state index is -3.16. The number of thiophene rings is 1. The van der Waals surface area contributed by atoms with Crippen LogP contribution in [-0.4, -0.2) is 24.1 Å². The van der Waals surface area contributed by atoms with Gasteiger partial charge in [0.1, 0.15) is 23.4 Å². The summed E-state index contributed by atoms with van der Waals surface area (Å²) < 4.78 is 21.8. The molecule has 0 bridgehead atoms. The lowest BCUT2D eigenvalue weighted by molar-refractivity contribution is 0.674. The predicted molar refractivity (Wildman–Crippen MR) is 86.3 cm³/mol. The second kappa shape index (κ2) is 5.63. The maximum Gasteiger partial charge on any atom is 0.133 e. The fraction of sp³-hybridized carbons (Fsp3) is 0.0833. The Labute approximate surface area is 127 Å². The van der Waals surface area contributed by atoms with Crippen molar-refractivity contribution in [1.82, 2.24) is 0 Å². The van der Waals surface area contributed by atoms with E-state index in [2.05, 4.69) is 0 Å². The molecule has 102 valence electrons. The number of rotatable bonds is 4. The van der Waals surface area contributed by atoms with Gasteiger partial charge in [-0.3, -0.25) is 5.41 Å². The highest BCUT2D eigenvalue weighted by Crippen LogP contribution is 2.36. The number of nitrogens with one attached hydrogen (secondary N) is 2. The monoisotopic (exact) mass is 321 g/mol. The third-order valence-corrected chi connectivity index (χ3v) is 7.04. The first-order valence-corrected chi connectivity index (χ1v) is 9.13. The molecule has 8 heteroatoms. The van der Waals surface area contributed by atoms with E-state index in [0.29, 0.717) is 20.1 Å². The average Bonchev–Trinajstić information content (AvgIpc) is 2.83. The summed E-state index contributed by atoms with van der Waals surface area (Å²) in [6, 6.07) is 8.10. The molecular weight excluding hydrogens is 309 g/mol. The highest BCUT2D eigenvalue weighted by Gasteiger charge is 2.21. The second-order valence-electron chi connectivity index (χ2n) is 4.01.